The molecule has 1 aliphatic rings. The van der Waals surface area contributed by atoms with Gasteiger partial charge in [0.1, 0.15) is 36.8 Å². The molecule has 2 unspecified atom stereocenters. The highest BCUT2D eigenvalue weighted by Gasteiger charge is 2.46. The van der Waals surface area contributed by atoms with E-state index in [9.17, 15) is 37.9 Å². The molecule has 13 heteroatoms. The second kappa shape index (κ2) is 34.7. The second-order valence-electron chi connectivity index (χ2n) is 15.4. The van der Waals surface area contributed by atoms with Crippen molar-refractivity contribution in [1.29, 1.82) is 0 Å². The number of allylic oxidation sites excluding steroid dienone is 6. The summed E-state index contributed by atoms with van der Waals surface area (Å²) in [4.78, 5) is 25.3. The molecule has 57 heavy (non-hydrogen) atoms. The molecule has 1 aliphatic heterocycles. The van der Waals surface area contributed by atoms with Crippen LogP contribution in [0.5, 0.6) is 0 Å². The van der Waals surface area contributed by atoms with E-state index in [2.05, 4.69) is 44.2 Å². The van der Waals surface area contributed by atoms with Gasteiger partial charge >= 0.3 is 11.9 Å². The van der Waals surface area contributed by atoms with Gasteiger partial charge in [-0.1, -0.05) is 134 Å². The number of ether oxygens (including phenoxy) is 4. The fourth-order valence-electron chi connectivity index (χ4n) is 6.47. The fourth-order valence-corrected chi connectivity index (χ4v) is 7.17. The van der Waals surface area contributed by atoms with Gasteiger partial charge in [0, 0.05) is 12.8 Å². The van der Waals surface area contributed by atoms with Crippen LogP contribution in [0, 0.1) is 0 Å². The first-order valence-electron chi connectivity index (χ1n) is 22.0. The molecule has 0 aromatic heterocycles. The van der Waals surface area contributed by atoms with E-state index in [0.29, 0.717) is 19.3 Å². The lowest BCUT2D eigenvalue weighted by Crippen LogP contribution is -2.60. The number of carbonyl (C=O) groups excluding carboxylic acids is 2. The van der Waals surface area contributed by atoms with Crippen molar-refractivity contribution < 1.29 is 56.8 Å². The van der Waals surface area contributed by atoms with Crippen molar-refractivity contribution in [3.63, 3.8) is 0 Å². The molecule has 0 radical (unpaired) electrons. The Morgan fingerprint density at radius 2 is 1.07 bits per heavy atom. The Morgan fingerprint density at radius 1 is 0.596 bits per heavy atom. The molecular formula is C44H78O12S. The van der Waals surface area contributed by atoms with Crippen molar-refractivity contribution in [3.8, 4) is 0 Å². The van der Waals surface area contributed by atoms with E-state index in [-0.39, 0.29) is 19.4 Å². The van der Waals surface area contributed by atoms with E-state index in [4.69, 9.17) is 18.9 Å². The summed E-state index contributed by atoms with van der Waals surface area (Å²) < 4.78 is 53.9. The summed E-state index contributed by atoms with van der Waals surface area (Å²) in [6, 6.07) is 0. The van der Waals surface area contributed by atoms with Crippen LogP contribution in [0.4, 0.5) is 0 Å². The summed E-state index contributed by atoms with van der Waals surface area (Å²) in [7, 11) is -4.61. The predicted molar refractivity (Wildman–Crippen MR) is 224 cm³/mol. The van der Waals surface area contributed by atoms with Crippen LogP contribution in [-0.4, -0.2) is 96.0 Å². The van der Waals surface area contributed by atoms with Gasteiger partial charge in [-0.3, -0.25) is 14.1 Å². The highest BCUT2D eigenvalue weighted by Crippen LogP contribution is 2.24. The van der Waals surface area contributed by atoms with Crippen molar-refractivity contribution in [2.75, 3.05) is 19.0 Å². The molecule has 0 aromatic carbocycles. The van der Waals surface area contributed by atoms with Crippen molar-refractivity contribution in [2.45, 2.75) is 211 Å². The summed E-state index contributed by atoms with van der Waals surface area (Å²) in [5.41, 5.74) is 0. The monoisotopic (exact) mass is 831 g/mol. The maximum absolute atomic E-state index is 12.8. The first-order valence-corrected chi connectivity index (χ1v) is 23.7. The van der Waals surface area contributed by atoms with Gasteiger partial charge in [-0.15, -0.1) is 0 Å². The van der Waals surface area contributed by atoms with Crippen LogP contribution in [0.2, 0.25) is 0 Å². The van der Waals surface area contributed by atoms with Gasteiger partial charge in [0.15, 0.2) is 12.4 Å². The van der Waals surface area contributed by atoms with Gasteiger partial charge in [-0.25, -0.2) is 0 Å². The molecule has 1 saturated heterocycles. The van der Waals surface area contributed by atoms with Gasteiger partial charge in [0.25, 0.3) is 10.1 Å². The summed E-state index contributed by atoms with van der Waals surface area (Å²) in [5, 5.41) is 30.8. The molecule has 12 nitrogen and oxygen atoms in total. The van der Waals surface area contributed by atoms with Crippen molar-refractivity contribution in [3.05, 3.63) is 36.5 Å². The third-order valence-electron chi connectivity index (χ3n) is 9.94. The van der Waals surface area contributed by atoms with Crippen LogP contribution in [0.25, 0.3) is 0 Å². The van der Waals surface area contributed by atoms with Crippen molar-refractivity contribution in [2.24, 2.45) is 0 Å². The Hall–Kier alpha value is -2.13. The van der Waals surface area contributed by atoms with E-state index in [1.807, 2.05) is 6.08 Å². The third-order valence-corrected chi connectivity index (χ3v) is 10.7. The summed E-state index contributed by atoms with van der Waals surface area (Å²) >= 11 is 0. The molecule has 332 valence electrons. The fraction of sp³-hybridized carbons (Fsp3) is 0.818. The molecule has 0 amide bonds. The van der Waals surface area contributed by atoms with E-state index in [0.717, 1.165) is 51.4 Å². The average molecular weight is 831 g/mol. The summed E-state index contributed by atoms with van der Waals surface area (Å²) in [6.45, 7) is 3.68. The maximum Gasteiger partial charge on any atom is 0.306 e. The van der Waals surface area contributed by atoms with E-state index in [1.54, 1.807) is 0 Å². The van der Waals surface area contributed by atoms with Gasteiger partial charge in [0.05, 0.1) is 6.61 Å². The molecule has 0 aromatic rings. The van der Waals surface area contributed by atoms with Gasteiger partial charge in [-0.05, 0) is 64.2 Å². The van der Waals surface area contributed by atoms with Gasteiger partial charge in [0.2, 0.25) is 0 Å². The number of esters is 2. The number of carbonyl (C=O) groups is 2. The van der Waals surface area contributed by atoms with Crippen LogP contribution in [0.15, 0.2) is 36.5 Å². The van der Waals surface area contributed by atoms with E-state index in [1.165, 1.54) is 77.0 Å². The zero-order valence-corrected chi connectivity index (χ0v) is 36.0. The van der Waals surface area contributed by atoms with Crippen LogP contribution >= 0.6 is 0 Å². The minimum atomic E-state index is -4.61. The minimum Gasteiger partial charge on any atom is -0.462 e. The average Bonchev–Trinajstić information content (AvgIpc) is 3.17. The minimum absolute atomic E-state index is 0.0990. The number of aliphatic hydroxyl groups excluding tert-OH is 3. The van der Waals surface area contributed by atoms with Crippen molar-refractivity contribution >= 4 is 22.1 Å². The molecule has 0 saturated carbocycles. The summed E-state index contributed by atoms with van der Waals surface area (Å²) in [6.07, 6.45) is 29.2. The van der Waals surface area contributed by atoms with Gasteiger partial charge in [-0.2, -0.15) is 8.42 Å². The molecular weight excluding hydrogens is 753 g/mol. The molecule has 0 spiro atoms. The normalized spacial score (nSPS) is 20.8. The maximum atomic E-state index is 12.8. The number of hydrogen-bond acceptors (Lipinski definition) is 11. The molecule has 1 fully saturated rings. The lowest BCUT2D eigenvalue weighted by atomic mass is 10.00. The zero-order chi connectivity index (χ0) is 42.0. The lowest BCUT2D eigenvalue weighted by molar-refractivity contribution is -0.297. The molecule has 1 rings (SSSR count). The number of rotatable bonds is 36. The highest BCUT2D eigenvalue weighted by molar-refractivity contribution is 7.85. The lowest BCUT2D eigenvalue weighted by Gasteiger charge is -2.40. The quantitative estimate of drug-likeness (QED) is 0.0204. The standard InChI is InChI=1S/C44H78O12S/c1-3-5-7-9-11-13-15-17-18-19-20-21-23-25-27-29-31-33-40(46)55-37(35-54-44-43(49)42(48)41(47)38(56-44)36-57(50,51)52)34-53-39(45)32-30-28-26-24-22-16-14-12-10-8-6-4-2/h12,14,20-21,25,27,37-38,41-44,47-49H,3-11,13,15-19,22-24,26,28-36H2,1-2H3,(H,50,51,52)/b14-12+,21-20+,27-25+/t37-,38-,41-,42?,43?,44+/m1/s1. The number of unbranched alkanes of at least 4 members (excludes halogenated alkanes) is 18. The van der Waals surface area contributed by atoms with Gasteiger partial charge < -0.3 is 34.3 Å². The SMILES string of the molecule is CCCCC/C=C/CCCCCCCC(=O)OC[C@H](CO[C@H]1O[C@H](CS(=O)(=O)O)[C@@H](O)C(O)C1O)OC(=O)CCC/C=C/C/C=C/CCCCCCCCCCC. The smallest absolute Gasteiger partial charge is 0.306 e. The third kappa shape index (κ3) is 29.7. The molecule has 1 heterocycles. The predicted octanol–water partition coefficient (Wildman–Crippen LogP) is 8.61. The van der Waals surface area contributed by atoms with E-state index < -0.39 is 71.2 Å². The van der Waals surface area contributed by atoms with Crippen LogP contribution in [0.3, 0.4) is 0 Å². The Labute approximate surface area is 344 Å². The first-order chi connectivity index (χ1) is 27.5. The Morgan fingerprint density at radius 3 is 1.65 bits per heavy atom. The molecule has 0 bridgehead atoms. The molecule has 6 atom stereocenters. The van der Waals surface area contributed by atoms with Crippen LogP contribution in [0.1, 0.15) is 174 Å². The largest absolute Gasteiger partial charge is 0.462 e. The zero-order valence-electron chi connectivity index (χ0n) is 35.2. The Kier molecular flexibility index (Phi) is 32.2. The molecule has 0 aliphatic carbocycles. The molecule has 4 N–H and O–H groups in total. The Bertz CT molecular complexity index is 1200. The van der Waals surface area contributed by atoms with Crippen LogP contribution < -0.4 is 0 Å². The number of aliphatic hydroxyl groups is 3. The highest BCUT2D eigenvalue weighted by atomic mass is 32.2. The second-order valence-corrected chi connectivity index (χ2v) is 16.9. The Balaban J connectivity index is 2.50. The van der Waals surface area contributed by atoms with Crippen LogP contribution in [-0.2, 0) is 38.7 Å². The first kappa shape index (κ1) is 52.9. The topological polar surface area (TPSA) is 186 Å². The van der Waals surface area contributed by atoms with E-state index >= 15 is 0 Å². The summed E-state index contributed by atoms with van der Waals surface area (Å²) in [5.74, 6) is -2.05. The number of hydrogen-bond donors (Lipinski definition) is 4. The van der Waals surface area contributed by atoms with Crippen molar-refractivity contribution in [1.82, 2.24) is 0 Å².